The lowest BCUT2D eigenvalue weighted by atomic mass is 10.1. The van der Waals surface area contributed by atoms with Gasteiger partial charge in [-0.05, 0) is 56.2 Å². The molecule has 160 valence electrons. The van der Waals surface area contributed by atoms with Crippen LogP contribution < -0.4 is 5.32 Å². The molecule has 0 bridgehead atoms. The molecule has 2 aromatic carbocycles. The van der Waals surface area contributed by atoms with Crippen LogP contribution in [0.15, 0.2) is 60.7 Å². The second-order valence-electron chi connectivity index (χ2n) is 7.00. The molecule has 1 N–H and O–H groups in total. The van der Waals surface area contributed by atoms with Gasteiger partial charge in [-0.25, -0.2) is 13.9 Å². The van der Waals surface area contributed by atoms with Gasteiger partial charge in [0, 0.05) is 23.9 Å². The molecule has 0 saturated carbocycles. The van der Waals surface area contributed by atoms with Gasteiger partial charge in [0.25, 0.3) is 5.91 Å². The third-order valence-electron chi connectivity index (χ3n) is 4.73. The number of ether oxygens (including phenoxy) is 1. The van der Waals surface area contributed by atoms with Crippen molar-refractivity contribution in [2.24, 2.45) is 0 Å². The molecule has 0 aliphatic heterocycles. The van der Waals surface area contributed by atoms with Crippen molar-refractivity contribution >= 4 is 18.0 Å². The van der Waals surface area contributed by atoms with Gasteiger partial charge in [0.1, 0.15) is 5.82 Å². The van der Waals surface area contributed by atoms with E-state index in [0.29, 0.717) is 18.7 Å². The van der Waals surface area contributed by atoms with E-state index in [2.05, 4.69) is 10.4 Å². The minimum absolute atomic E-state index is 0.322. The van der Waals surface area contributed by atoms with E-state index in [-0.39, 0.29) is 18.3 Å². The summed E-state index contributed by atoms with van der Waals surface area (Å²) >= 11 is 0. The zero-order chi connectivity index (χ0) is 22.2. The predicted octanol–water partition coefficient (Wildman–Crippen LogP) is 3.54. The third kappa shape index (κ3) is 6.12. The van der Waals surface area contributed by atoms with Crippen molar-refractivity contribution in [1.29, 1.82) is 0 Å². The highest BCUT2D eigenvalue weighted by Gasteiger charge is 2.12. The molecule has 0 atom stereocenters. The number of benzene rings is 2. The normalized spacial score (nSPS) is 10.9. The molecule has 0 aliphatic rings. The molecule has 1 heterocycles. The van der Waals surface area contributed by atoms with Crippen LogP contribution in [0, 0.1) is 19.7 Å². The molecule has 0 aliphatic carbocycles. The minimum Gasteiger partial charge on any atom is -0.452 e. The monoisotopic (exact) mass is 421 g/mol. The Balaban J connectivity index is 1.50. The maximum absolute atomic E-state index is 13.2. The fraction of sp³-hybridized carbons (Fsp3) is 0.208. The van der Waals surface area contributed by atoms with Gasteiger partial charge in [-0.3, -0.25) is 4.79 Å². The first-order valence-electron chi connectivity index (χ1n) is 9.91. The number of carbonyl (C=O) groups excluding carboxylic acids is 2. The Morgan fingerprint density at radius 2 is 1.81 bits per heavy atom. The number of carbonyl (C=O) groups is 2. The highest BCUT2D eigenvalue weighted by Crippen LogP contribution is 2.19. The van der Waals surface area contributed by atoms with Gasteiger partial charge in [0.15, 0.2) is 6.61 Å². The number of aryl methyl sites for hydroxylation is 1. The number of rotatable bonds is 8. The van der Waals surface area contributed by atoms with Crippen LogP contribution in [0.1, 0.15) is 22.5 Å². The standard InChI is InChI=1S/C24H24FN3O3/c1-17-22(18(2)28(27-17)21-10-8-20(25)9-11-21)12-13-24(30)31-16-23(29)26-15-14-19-6-4-3-5-7-19/h3-13H,14-16H2,1-2H3,(H,26,29)/b13-12+. The molecule has 1 amide bonds. The van der Waals surface area contributed by atoms with Gasteiger partial charge < -0.3 is 10.1 Å². The minimum atomic E-state index is -0.619. The molecule has 1 aromatic heterocycles. The van der Waals surface area contributed by atoms with Crippen molar-refractivity contribution in [3.8, 4) is 5.69 Å². The third-order valence-corrected chi connectivity index (χ3v) is 4.73. The summed E-state index contributed by atoms with van der Waals surface area (Å²) in [5.41, 5.74) is 4.11. The van der Waals surface area contributed by atoms with Crippen molar-refractivity contribution in [1.82, 2.24) is 15.1 Å². The van der Waals surface area contributed by atoms with Crippen molar-refractivity contribution in [3.05, 3.63) is 89.0 Å². The SMILES string of the molecule is Cc1nn(-c2ccc(F)cc2)c(C)c1/C=C/C(=O)OCC(=O)NCCc1ccccc1. The number of halogens is 1. The largest absolute Gasteiger partial charge is 0.452 e. The summed E-state index contributed by atoms with van der Waals surface area (Å²) in [6, 6.07) is 15.8. The van der Waals surface area contributed by atoms with E-state index in [0.717, 1.165) is 22.5 Å². The first-order valence-corrected chi connectivity index (χ1v) is 9.91. The van der Waals surface area contributed by atoms with Crippen LogP contribution in [-0.2, 0) is 20.7 Å². The van der Waals surface area contributed by atoms with E-state index >= 15 is 0 Å². The van der Waals surface area contributed by atoms with Crippen molar-refractivity contribution in [3.63, 3.8) is 0 Å². The van der Waals surface area contributed by atoms with Crippen molar-refractivity contribution < 1.29 is 18.7 Å². The molecular formula is C24H24FN3O3. The van der Waals surface area contributed by atoms with Gasteiger partial charge in [-0.15, -0.1) is 0 Å². The summed E-state index contributed by atoms with van der Waals surface area (Å²) in [5, 5.41) is 7.17. The van der Waals surface area contributed by atoms with Gasteiger partial charge >= 0.3 is 5.97 Å². The van der Waals surface area contributed by atoms with Crippen molar-refractivity contribution in [2.45, 2.75) is 20.3 Å². The van der Waals surface area contributed by atoms with E-state index in [1.807, 2.05) is 44.2 Å². The Hall–Kier alpha value is -3.74. The van der Waals surface area contributed by atoms with Crippen LogP contribution >= 0.6 is 0 Å². The number of nitrogens with zero attached hydrogens (tertiary/aromatic N) is 2. The van der Waals surface area contributed by atoms with Gasteiger partial charge in [-0.2, -0.15) is 5.10 Å². The average Bonchev–Trinajstić information content (AvgIpc) is 3.05. The number of amides is 1. The zero-order valence-corrected chi connectivity index (χ0v) is 17.5. The van der Waals surface area contributed by atoms with Crippen molar-refractivity contribution in [2.75, 3.05) is 13.2 Å². The summed E-state index contributed by atoms with van der Waals surface area (Å²) < 4.78 is 19.8. The van der Waals surface area contributed by atoms with E-state index in [1.165, 1.54) is 18.2 Å². The molecule has 0 saturated heterocycles. The number of nitrogens with one attached hydrogen (secondary N) is 1. The molecule has 6 nitrogen and oxygen atoms in total. The molecule has 3 aromatic rings. The topological polar surface area (TPSA) is 73.2 Å². The molecule has 31 heavy (non-hydrogen) atoms. The second-order valence-corrected chi connectivity index (χ2v) is 7.00. The highest BCUT2D eigenvalue weighted by molar-refractivity contribution is 5.89. The molecule has 7 heteroatoms. The van der Waals surface area contributed by atoms with Crippen LogP contribution in [0.25, 0.3) is 11.8 Å². The average molecular weight is 421 g/mol. The first-order chi connectivity index (χ1) is 14.9. The Bertz CT molecular complexity index is 1070. The molecule has 0 radical (unpaired) electrons. The molecule has 3 rings (SSSR count). The highest BCUT2D eigenvalue weighted by atomic mass is 19.1. The molecule has 0 spiro atoms. The maximum atomic E-state index is 13.2. The van der Waals surface area contributed by atoms with Crippen LogP contribution in [-0.4, -0.2) is 34.8 Å². The van der Waals surface area contributed by atoms with Crippen LogP contribution in [0.5, 0.6) is 0 Å². The Morgan fingerprint density at radius 1 is 1.10 bits per heavy atom. The second kappa shape index (κ2) is 10.3. The maximum Gasteiger partial charge on any atom is 0.331 e. The van der Waals surface area contributed by atoms with E-state index in [4.69, 9.17) is 4.74 Å². The number of esters is 1. The summed E-state index contributed by atoms with van der Waals surface area (Å²) in [4.78, 5) is 23.8. The summed E-state index contributed by atoms with van der Waals surface area (Å²) in [7, 11) is 0. The first kappa shape index (κ1) is 22.0. The molecular weight excluding hydrogens is 397 g/mol. The lowest BCUT2D eigenvalue weighted by Gasteiger charge is -2.05. The predicted molar refractivity (Wildman–Crippen MR) is 116 cm³/mol. The Morgan fingerprint density at radius 3 is 2.52 bits per heavy atom. The molecule has 0 unspecified atom stereocenters. The van der Waals surface area contributed by atoms with Gasteiger partial charge in [-0.1, -0.05) is 30.3 Å². The Kier molecular flexibility index (Phi) is 7.32. The van der Waals surface area contributed by atoms with E-state index in [9.17, 15) is 14.0 Å². The van der Waals surface area contributed by atoms with Gasteiger partial charge in [0.2, 0.25) is 0 Å². The van der Waals surface area contributed by atoms with Crippen LogP contribution in [0.4, 0.5) is 4.39 Å². The fourth-order valence-corrected chi connectivity index (χ4v) is 3.11. The molecule has 0 fully saturated rings. The number of hydrogen-bond acceptors (Lipinski definition) is 4. The van der Waals surface area contributed by atoms with E-state index < -0.39 is 5.97 Å². The Labute approximate surface area is 180 Å². The lowest BCUT2D eigenvalue weighted by molar-refractivity contribution is -0.143. The van der Waals surface area contributed by atoms with Crippen LogP contribution in [0.3, 0.4) is 0 Å². The zero-order valence-electron chi connectivity index (χ0n) is 17.5. The smallest absolute Gasteiger partial charge is 0.331 e. The summed E-state index contributed by atoms with van der Waals surface area (Å²) in [6.45, 7) is 3.80. The quantitative estimate of drug-likeness (QED) is 0.446. The summed E-state index contributed by atoms with van der Waals surface area (Å²) in [6.07, 6.45) is 3.58. The number of hydrogen-bond donors (Lipinski definition) is 1. The van der Waals surface area contributed by atoms with E-state index in [1.54, 1.807) is 22.9 Å². The number of aromatic nitrogens is 2. The van der Waals surface area contributed by atoms with Gasteiger partial charge in [0.05, 0.1) is 11.4 Å². The summed E-state index contributed by atoms with van der Waals surface area (Å²) in [5.74, 6) is -1.29. The van der Waals surface area contributed by atoms with Crippen LogP contribution in [0.2, 0.25) is 0 Å². The fourth-order valence-electron chi connectivity index (χ4n) is 3.11. The lowest BCUT2D eigenvalue weighted by Crippen LogP contribution is -2.30.